The summed E-state index contributed by atoms with van der Waals surface area (Å²) in [7, 11) is -6.98. The molecule has 0 radical (unpaired) electrons. The summed E-state index contributed by atoms with van der Waals surface area (Å²) in [4.78, 5) is 0.0412. The van der Waals surface area contributed by atoms with Crippen LogP contribution in [0.3, 0.4) is 0 Å². The lowest BCUT2D eigenvalue weighted by molar-refractivity contribution is 0.309. The zero-order valence-corrected chi connectivity index (χ0v) is 14.9. The molecule has 1 aliphatic rings. The first-order valence-corrected chi connectivity index (χ1v) is 10.6. The number of benzene rings is 1. The Bertz CT molecular complexity index is 737. The van der Waals surface area contributed by atoms with Crippen molar-refractivity contribution in [2.24, 2.45) is 0 Å². The lowest BCUT2D eigenvalue weighted by Gasteiger charge is -2.31. The zero-order valence-electron chi connectivity index (χ0n) is 11.8. The number of hydrogen-bond acceptors (Lipinski definition) is 4. The van der Waals surface area contributed by atoms with Gasteiger partial charge in [0.05, 0.1) is 11.2 Å². The smallest absolute Gasteiger partial charge is 0.213 e. The number of halogens is 2. The average molecular weight is 387 g/mol. The summed E-state index contributed by atoms with van der Waals surface area (Å²) in [5.41, 5.74) is 0. The fourth-order valence-electron chi connectivity index (χ4n) is 2.34. The fraction of sp³-hybridized carbons (Fsp3) is 0.500. The number of nitrogens with one attached hydrogen (secondary N) is 1. The molecule has 0 bridgehead atoms. The molecule has 0 saturated carbocycles. The molecular weight excluding hydrogens is 371 g/mol. The minimum absolute atomic E-state index is 0.0412. The lowest BCUT2D eigenvalue weighted by Crippen LogP contribution is -2.46. The summed E-state index contributed by atoms with van der Waals surface area (Å²) in [6, 6.07) is 3.92. The fourth-order valence-corrected chi connectivity index (χ4v) is 5.38. The second-order valence-corrected chi connectivity index (χ2v) is 9.76. The SMILES string of the molecule is CS(=O)(=O)NC1CCN(S(=O)(=O)c2cc(Cl)cc(Cl)c2)CC1. The van der Waals surface area contributed by atoms with E-state index < -0.39 is 20.0 Å². The molecule has 1 aromatic rings. The molecule has 1 aliphatic heterocycles. The van der Waals surface area contributed by atoms with E-state index in [9.17, 15) is 16.8 Å². The lowest BCUT2D eigenvalue weighted by atomic mass is 10.1. The van der Waals surface area contributed by atoms with E-state index in [-0.39, 0.29) is 34.1 Å². The predicted molar refractivity (Wildman–Crippen MR) is 86.2 cm³/mol. The Balaban J connectivity index is 2.13. The molecule has 1 heterocycles. The van der Waals surface area contributed by atoms with Crippen LogP contribution in [0.15, 0.2) is 23.1 Å². The van der Waals surface area contributed by atoms with Crippen LogP contribution in [0.25, 0.3) is 0 Å². The van der Waals surface area contributed by atoms with E-state index in [4.69, 9.17) is 23.2 Å². The third-order valence-electron chi connectivity index (χ3n) is 3.31. The van der Waals surface area contributed by atoms with Gasteiger partial charge in [0, 0.05) is 29.2 Å². The molecule has 1 N–H and O–H groups in total. The Morgan fingerprint density at radius 3 is 2.00 bits per heavy atom. The van der Waals surface area contributed by atoms with Crippen LogP contribution < -0.4 is 4.72 Å². The van der Waals surface area contributed by atoms with Crippen molar-refractivity contribution in [3.63, 3.8) is 0 Å². The highest BCUT2D eigenvalue weighted by molar-refractivity contribution is 7.89. The van der Waals surface area contributed by atoms with E-state index in [1.165, 1.54) is 22.5 Å². The van der Waals surface area contributed by atoms with E-state index >= 15 is 0 Å². The third-order valence-corrected chi connectivity index (χ3v) is 6.38. The number of rotatable bonds is 4. The van der Waals surface area contributed by atoms with Crippen LogP contribution in [0.4, 0.5) is 0 Å². The first-order valence-electron chi connectivity index (χ1n) is 6.51. The molecule has 0 spiro atoms. The first kappa shape index (κ1) is 18.0. The Labute approximate surface area is 140 Å². The van der Waals surface area contributed by atoms with Gasteiger partial charge in [0.1, 0.15) is 0 Å². The van der Waals surface area contributed by atoms with Gasteiger partial charge in [-0.15, -0.1) is 0 Å². The molecule has 0 atom stereocenters. The van der Waals surface area contributed by atoms with E-state index in [1.807, 2.05) is 0 Å². The quantitative estimate of drug-likeness (QED) is 0.853. The second kappa shape index (κ2) is 6.62. The molecule has 124 valence electrons. The van der Waals surface area contributed by atoms with Crippen LogP contribution in [0.1, 0.15) is 12.8 Å². The van der Waals surface area contributed by atoms with E-state index in [1.54, 1.807) is 0 Å². The Hall–Kier alpha value is -0.380. The third kappa shape index (κ3) is 4.56. The molecule has 0 aromatic heterocycles. The molecule has 2 rings (SSSR count). The van der Waals surface area contributed by atoms with Crippen molar-refractivity contribution in [3.8, 4) is 0 Å². The predicted octanol–water partition coefficient (Wildman–Crippen LogP) is 1.70. The van der Waals surface area contributed by atoms with Crippen molar-refractivity contribution in [1.82, 2.24) is 9.03 Å². The Morgan fingerprint density at radius 1 is 1.05 bits per heavy atom. The summed E-state index contributed by atoms with van der Waals surface area (Å²) in [5, 5.41) is 0.499. The number of sulfonamides is 2. The summed E-state index contributed by atoms with van der Waals surface area (Å²) in [5.74, 6) is 0. The van der Waals surface area contributed by atoms with Gasteiger partial charge in [-0.05, 0) is 31.0 Å². The van der Waals surface area contributed by atoms with Gasteiger partial charge in [0.2, 0.25) is 20.0 Å². The summed E-state index contributed by atoms with van der Waals surface area (Å²) >= 11 is 11.7. The normalized spacial score (nSPS) is 18.5. The number of nitrogens with zero attached hydrogens (tertiary/aromatic N) is 1. The van der Waals surface area contributed by atoms with Gasteiger partial charge < -0.3 is 0 Å². The van der Waals surface area contributed by atoms with Crippen LogP contribution in [0, 0.1) is 0 Å². The van der Waals surface area contributed by atoms with E-state index in [2.05, 4.69) is 4.72 Å². The first-order chi connectivity index (χ1) is 10.1. The maximum Gasteiger partial charge on any atom is 0.243 e. The molecule has 0 aliphatic carbocycles. The Morgan fingerprint density at radius 2 is 1.55 bits per heavy atom. The molecule has 0 amide bonds. The van der Waals surface area contributed by atoms with Gasteiger partial charge >= 0.3 is 0 Å². The van der Waals surface area contributed by atoms with Gasteiger partial charge in [-0.2, -0.15) is 4.31 Å². The van der Waals surface area contributed by atoms with Crippen molar-refractivity contribution >= 4 is 43.2 Å². The average Bonchev–Trinajstić information content (AvgIpc) is 2.36. The molecule has 10 heteroatoms. The van der Waals surface area contributed by atoms with Crippen molar-refractivity contribution in [2.75, 3.05) is 19.3 Å². The summed E-state index contributed by atoms with van der Waals surface area (Å²) < 4.78 is 51.3. The highest BCUT2D eigenvalue weighted by Gasteiger charge is 2.30. The van der Waals surface area contributed by atoms with Crippen molar-refractivity contribution < 1.29 is 16.8 Å². The van der Waals surface area contributed by atoms with E-state index in [0.717, 1.165) is 6.26 Å². The topological polar surface area (TPSA) is 83.6 Å². The van der Waals surface area contributed by atoms with Gasteiger partial charge in [-0.3, -0.25) is 0 Å². The summed E-state index contributed by atoms with van der Waals surface area (Å²) in [6.07, 6.45) is 1.92. The molecule has 22 heavy (non-hydrogen) atoms. The molecule has 1 aromatic carbocycles. The van der Waals surface area contributed by atoms with Crippen LogP contribution in [0.2, 0.25) is 10.0 Å². The van der Waals surface area contributed by atoms with Crippen LogP contribution >= 0.6 is 23.2 Å². The van der Waals surface area contributed by atoms with Gasteiger partial charge in [-0.1, -0.05) is 23.2 Å². The van der Waals surface area contributed by atoms with Gasteiger partial charge in [0.25, 0.3) is 0 Å². The highest BCUT2D eigenvalue weighted by atomic mass is 35.5. The molecule has 6 nitrogen and oxygen atoms in total. The molecule has 1 saturated heterocycles. The van der Waals surface area contributed by atoms with Crippen LogP contribution in [-0.2, 0) is 20.0 Å². The highest BCUT2D eigenvalue weighted by Crippen LogP contribution is 2.26. The molecule has 1 fully saturated rings. The minimum Gasteiger partial charge on any atom is -0.213 e. The second-order valence-electron chi connectivity index (χ2n) is 5.17. The monoisotopic (exact) mass is 386 g/mol. The summed E-state index contributed by atoms with van der Waals surface area (Å²) in [6.45, 7) is 0.472. The maximum atomic E-state index is 12.6. The minimum atomic E-state index is -3.69. The van der Waals surface area contributed by atoms with Crippen molar-refractivity contribution in [1.29, 1.82) is 0 Å². The zero-order chi connectivity index (χ0) is 16.5. The van der Waals surface area contributed by atoms with Crippen LogP contribution in [0.5, 0.6) is 0 Å². The molecule has 0 unspecified atom stereocenters. The maximum absolute atomic E-state index is 12.6. The standard InChI is InChI=1S/C12H16Cl2N2O4S2/c1-21(17,18)15-11-2-4-16(5-3-11)22(19,20)12-7-9(13)6-10(14)8-12/h6-8,11,15H,2-5H2,1H3. The number of hydrogen-bond donors (Lipinski definition) is 1. The van der Waals surface area contributed by atoms with Gasteiger partial charge in [-0.25, -0.2) is 21.6 Å². The van der Waals surface area contributed by atoms with Crippen molar-refractivity contribution in [3.05, 3.63) is 28.2 Å². The largest absolute Gasteiger partial charge is 0.243 e. The van der Waals surface area contributed by atoms with E-state index in [0.29, 0.717) is 12.8 Å². The Kier molecular flexibility index (Phi) is 5.41. The van der Waals surface area contributed by atoms with Crippen LogP contribution in [-0.4, -0.2) is 46.5 Å². The van der Waals surface area contributed by atoms with Crippen molar-refractivity contribution in [2.45, 2.75) is 23.8 Å². The number of piperidine rings is 1. The molecular formula is C12H16Cl2N2O4S2. The van der Waals surface area contributed by atoms with Gasteiger partial charge in [0.15, 0.2) is 0 Å².